The van der Waals surface area contributed by atoms with E-state index in [0.29, 0.717) is 25.6 Å². The molecule has 0 radical (unpaired) electrons. The summed E-state index contributed by atoms with van der Waals surface area (Å²) in [4.78, 5) is 17.7. The highest BCUT2D eigenvalue weighted by Crippen LogP contribution is 2.30. The van der Waals surface area contributed by atoms with E-state index in [1.165, 1.54) is 12.4 Å². The molecule has 1 aromatic carbocycles. The summed E-state index contributed by atoms with van der Waals surface area (Å²) in [5.74, 6) is 2.09. The molecule has 0 bridgehead atoms. The molecule has 3 rings (SSSR count). The average Bonchev–Trinajstić information content (AvgIpc) is 2.70. The molecule has 1 aromatic heterocycles. The molecule has 0 unspecified atom stereocenters. The van der Waals surface area contributed by atoms with Crippen LogP contribution in [0.3, 0.4) is 0 Å². The Morgan fingerprint density at radius 2 is 2.05 bits per heavy atom. The van der Waals surface area contributed by atoms with Crippen molar-refractivity contribution in [3.63, 3.8) is 0 Å². The quantitative estimate of drug-likeness (QED) is 0.887. The molecule has 1 aliphatic heterocycles. The summed E-state index contributed by atoms with van der Waals surface area (Å²) >= 11 is 0. The molecule has 0 atom stereocenters. The van der Waals surface area contributed by atoms with Gasteiger partial charge in [-0.1, -0.05) is 6.07 Å². The Labute approximate surface area is 115 Å². The Hall–Kier alpha value is -2.50. The molecular weight excluding hydrogens is 258 g/mol. The topological polar surface area (TPSA) is 76.2 Å². The van der Waals surface area contributed by atoms with Gasteiger partial charge in [0.1, 0.15) is 5.82 Å². The lowest BCUT2D eigenvalue weighted by Gasteiger charge is -2.10. The van der Waals surface area contributed by atoms with Crippen molar-refractivity contribution in [2.75, 3.05) is 18.5 Å². The molecule has 0 saturated carbocycles. The first kappa shape index (κ1) is 12.5. The zero-order valence-electron chi connectivity index (χ0n) is 10.9. The Bertz CT molecular complexity index is 654. The van der Waals surface area contributed by atoms with Gasteiger partial charge in [-0.15, -0.1) is 0 Å². The van der Waals surface area contributed by atoms with Crippen LogP contribution in [0.5, 0.6) is 11.5 Å². The number of ether oxygens (including phenoxy) is 2. The Morgan fingerprint density at radius 1 is 1.20 bits per heavy atom. The molecular formula is C14H15N3O3. The van der Waals surface area contributed by atoms with E-state index in [1.54, 1.807) is 0 Å². The number of nitrogens with one attached hydrogen (secondary N) is 2. The van der Waals surface area contributed by atoms with Crippen LogP contribution >= 0.6 is 0 Å². The zero-order chi connectivity index (χ0) is 13.8. The number of anilines is 1. The fraction of sp³-hybridized carbons (Fsp3) is 0.286. The second-order valence-corrected chi connectivity index (χ2v) is 4.48. The van der Waals surface area contributed by atoms with Crippen molar-refractivity contribution in [3.05, 3.63) is 46.5 Å². The highest BCUT2D eigenvalue weighted by Gasteiger charge is 2.10. The molecule has 6 nitrogen and oxygen atoms in total. The third-order valence-corrected chi connectivity index (χ3v) is 2.96. The fourth-order valence-electron chi connectivity index (χ4n) is 1.98. The van der Waals surface area contributed by atoms with E-state index in [0.717, 1.165) is 23.5 Å². The van der Waals surface area contributed by atoms with E-state index in [9.17, 15) is 4.79 Å². The highest BCUT2D eigenvalue weighted by molar-refractivity contribution is 5.44. The molecule has 1 aliphatic rings. The first-order valence-electron chi connectivity index (χ1n) is 6.48. The SMILES string of the molecule is O=c1cc(NCc2ccc3c(c2)OCCCO3)nc[nH]1. The minimum absolute atomic E-state index is 0.179. The summed E-state index contributed by atoms with van der Waals surface area (Å²) in [6.07, 6.45) is 2.26. The summed E-state index contributed by atoms with van der Waals surface area (Å²) < 4.78 is 11.2. The number of nitrogens with zero attached hydrogens (tertiary/aromatic N) is 1. The molecule has 6 heteroatoms. The molecule has 0 spiro atoms. The number of aromatic nitrogens is 2. The molecule has 0 fully saturated rings. The van der Waals surface area contributed by atoms with Gasteiger partial charge in [0.15, 0.2) is 11.5 Å². The molecule has 2 aromatic rings. The molecule has 20 heavy (non-hydrogen) atoms. The number of aromatic amines is 1. The predicted octanol–water partition coefficient (Wildman–Crippen LogP) is 1.54. The van der Waals surface area contributed by atoms with Gasteiger partial charge in [0.25, 0.3) is 5.56 Å². The smallest absolute Gasteiger partial charge is 0.252 e. The molecule has 0 amide bonds. The van der Waals surface area contributed by atoms with Crippen LogP contribution in [0.4, 0.5) is 5.82 Å². The van der Waals surface area contributed by atoms with Gasteiger partial charge < -0.3 is 19.8 Å². The standard InChI is InChI=1S/C14H15N3O3/c18-14-7-13(16-9-17-14)15-8-10-2-3-11-12(6-10)20-5-1-4-19-11/h2-3,6-7,9H,1,4-5,8H2,(H2,15,16,17,18). The lowest BCUT2D eigenvalue weighted by molar-refractivity contribution is 0.297. The molecule has 104 valence electrons. The van der Waals surface area contributed by atoms with Gasteiger partial charge in [0, 0.05) is 19.0 Å². The van der Waals surface area contributed by atoms with Crippen molar-refractivity contribution in [1.29, 1.82) is 0 Å². The number of fused-ring (bicyclic) bond motifs is 1. The first-order valence-corrected chi connectivity index (χ1v) is 6.48. The summed E-state index contributed by atoms with van der Waals surface area (Å²) in [5.41, 5.74) is 0.859. The second kappa shape index (κ2) is 5.64. The van der Waals surface area contributed by atoms with Crippen molar-refractivity contribution < 1.29 is 9.47 Å². The third kappa shape index (κ3) is 2.90. The van der Waals surface area contributed by atoms with Crippen LogP contribution in [0.15, 0.2) is 35.4 Å². The highest BCUT2D eigenvalue weighted by atomic mass is 16.5. The zero-order valence-corrected chi connectivity index (χ0v) is 10.9. The summed E-state index contributed by atoms with van der Waals surface area (Å²) in [6.45, 7) is 1.91. The van der Waals surface area contributed by atoms with Crippen LogP contribution in [0, 0.1) is 0 Å². The van der Waals surface area contributed by atoms with Crippen molar-refractivity contribution in [2.45, 2.75) is 13.0 Å². The number of H-pyrrole nitrogens is 1. The Kier molecular flexibility index (Phi) is 3.54. The average molecular weight is 273 g/mol. The van der Waals surface area contributed by atoms with E-state index < -0.39 is 0 Å². The van der Waals surface area contributed by atoms with Gasteiger partial charge in [-0.05, 0) is 17.7 Å². The number of benzene rings is 1. The van der Waals surface area contributed by atoms with Gasteiger partial charge in [-0.25, -0.2) is 4.98 Å². The van der Waals surface area contributed by atoms with Gasteiger partial charge in [0.05, 0.1) is 19.5 Å². The normalized spacial score (nSPS) is 13.6. The van der Waals surface area contributed by atoms with Crippen molar-refractivity contribution in [3.8, 4) is 11.5 Å². The lowest BCUT2D eigenvalue weighted by Crippen LogP contribution is -2.09. The minimum Gasteiger partial charge on any atom is -0.490 e. The van der Waals surface area contributed by atoms with Crippen LogP contribution in [0.25, 0.3) is 0 Å². The maximum Gasteiger partial charge on any atom is 0.252 e. The van der Waals surface area contributed by atoms with E-state index in [-0.39, 0.29) is 5.56 Å². The number of hydrogen-bond acceptors (Lipinski definition) is 5. The molecule has 2 heterocycles. The maximum atomic E-state index is 11.2. The first-order chi connectivity index (χ1) is 9.81. The van der Waals surface area contributed by atoms with E-state index >= 15 is 0 Å². The van der Waals surface area contributed by atoms with Gasteiger partial charge in [-0.2, -0.15) is 0 Å². The monoisotopic (exact) mass is 273 g/mol. The minimum atomic E-state index is -0.179. The van der Waals surface area contributed by atoms with E-state index in [4.69, 9.17) is 9.47 Å². The second-order valence-electron chi connectivity index (χ2n) is 4.48. The molecule has 0 saturated heterocycles. The van der Waals surface area contributed by atoms with Crippen LogP contribution in [0.1, 0.15) is 12.0 Å². The van der Waals surface area contributed by atoms with Crippen LogP contribution in [-0.4, -0.2) is 23.2 Å². The van der Waals surface area contributed by atoms with Crippen LogP contribution < -0.4 is 20.3 Å². The van der Waals surface area contributed by atoms with Crippen LogP contribution in [0.2, 0.25) is 0 Å². The van der Waals surface area contributed by atoms with Crippen molar-refractivity contribution in [1.82, 2.24) is 9.97 Å². The maximum absolute atomic E-state index is 11.2. The molecule has 0 aliphatic carbocycles. The summed E-state index contributed by atoms with van der Waals surface area (Å²) in [5, 5.41) is 3.10. The van der Waals surface area contributed by atoms with Crippen LogP contribution in [-0.2, 0) is 6.54 Å². The Balaban J connectivity index is 1.72. The fourth-order valence-corrected chi connectivity index (χ4v) is 1.98. The van der Waals surface area contributed by atoms with E-state index in [2.05, 4.69) is 15.3 Å². The van der Waals surface area contributed by atoms with Crippen molar-refractivity contribution >= 4 is 5.82 Å². The predicted molar refractivity (Wildman–Crippen MR) is 74.2 cm³/mol. The van der Waals surface area contributed by atoms with Gasteiger partial charge in [0.2, 0.25) is 0 Å². The largest absolute Gasteiger partial charge is 0.490 e. The van der Waals surface area contributed by atoms with E-state index in [1.807, 2.05) is 18.2 Å². The third-order valence-electron chi connectivity index (χ3n) is 2.96. The molecule has 2 N–H and O–H groups in total. The van der Waals surface area contributed by atoms with Gasteiger partial charge in [-0.3, -0.25) is 4.79 Å². The summed E-state index contributed by atoms with van der Waals surface area (Å²) in [7, 11) is 0. The summed E-state index contributed by atoms with van der Waals surface area (Å²) in [6, 6.07) is 7.24. The number of rotatable bonds is 3. The van der Waals surface area contributed by atoms with Crippen molar-refractivity contribution in [2.24, 2.45) is 0 Å². The lowest BCUT2D eigenvalue weighted by atomic mass is 10.2. The number of hydrogen-bond donors (Lipinski definition) is 2. The Morgan fingerprint density at radius 3 is 2.90 bits per heavy atom. The van der Waals surface area contributed by atoms with Gasteiger partial charge >= 0.3 is 0 Å².